The average Bonchev–Trinajstić information content (AvgIpc) is 2.88. The summed E-state index contributed by atoms with van der Waals surface area (Å²) in [6.07, 6.45) is 1.53. The first-order chi connectivity index (χ1) is 11.0. The van der Waals surface area contributed by atoms with Gasteiger partial charge in [0, 0.05) is 35.9 Å². The number of nitrogens with one attached hydrogen (secondary N) is 1. The van der Waals surface area contributed by atoms with E-state index in [9.17, 15) is 9.59 Å². The molecule has 2 aromatic rings. The number of hydrogen-bond donors (Lipinski definition) is 1. The van der Waals surface area contributed by atoms with E-state index in [1.807, 2.05) is 36.7 Å². The maximum Gasteiger partial charge on any atom is 0.291 e. The molecule has 0 saturated heterocycles. The summed E-state index contributed by atoms with van der Waals surface area (Å²) in [7, 11) is 1.84. The van der Waals surface area contributed by atoms with Crippen molar-refractivity contribution in [1.29, 1.82) is 0 Å². The standard InChI is InChI=1S/C16H17BrN4O2/c1-10-11(17)4-3-5-12(10)19-16(23)15-18-13-8-21(9-22)7-6-14(13)20(15)2/h3-5,9H,6-8H2,1-2H3,(H,19,23). The summed E-state index contributed by atoms with van der Waals surface area (Å²) < 4.78 is 2.76. The molecule has 0 spiro atoms. The van der Waals surface area contributed by atoms with Crippen LogP contribution < -0.4 is 5.32 Å². The van der Waals surface area contributed by atoms with Crippen LogP contribution >= 0.6 is 15.9 Å². The normalized spacial score (nSPS) is 13.6. The highest BCUT2D eigenvalue weighted by molar-refractivity contribution is 9.10. The van der Waals surface area contributed by atoms with Gasteiger partial charge in [0.2, 0.25) is 6.41 Å². The second kappa shape index (κ2) is 6.16. The molecule has 2 amide bonds. The van der Waals surface area contributed by atoms with Crippen molar-refractivity contribution in [2.24, 2.45) is 7.05 Å². The molecule has 1 aromatic carbocycles. The van der Waals surface area contributed by atoms with Crippen LogP contribution in [0, 0.1) is 6.92 Å². The number of halogens is 1. The number of carbonyl (C=O) groups excluding carboxylic acids is 2. The van der Waals surface area contributed by atoms with Crippen molar-refractivity contribution in [1.82, 2.24) is 14.5 Å². The molecule has 1 N–H and O–H groups in total. The fourth-order valence-electron chi connectivity index (χ4n) is 2.76. The maximum atomic E-state index is 12.6. The van der Waals surface area contributed by atoms with Crippen molar-refractivity contribution in [3.8, 4) is 0 Å². The highest BCUT2D eigenvalue weighted by atomic mass is 79.9. The summed E-state index contributed by atoms with van der Waals surface area (Å²) in [5.74, 6) is 0.114. The van der Waals surface area contributed by atoms with Gasteiger partial charge < -0.3 is 14.8 Å². The molecule has 3 rings (SSSR count). The molecule has 0 aliphatic carbocycles. The molecule has 7 heteroatoms. The van der Waals surface area contributed by atoms with Crippen LogP contribution in [0.15, 0.2) is 22.7 Å². The zero-order chi connectivity index (χ0) is 16.6. The van der Waals surface area contributed by atoms with Gasteiger partial charge in [0.1, 0.15) is 0 Å². The molecule has 120 valence electrons. The molecule has 1 aliphatic heterocycles. The highest BCUT2D eigenvalue weighted by Gasteiger charge is 2.25. The average molecular weight is 377 g/mol. The Morgan fingerprint density at radius 1 is 1.43 bits per heavy atom. The number of anilines is 1. The van der Waals surface area contributed by atoms with Crippen molar-refractivity contribution in [2.45, 2.75) is 19.9 Å². The van der Waals surface area contributed by atoms with E-state index in [1.165, 1.54) is 0 Å². The topological polar surface area (TPSA) is 67.2 Å². The molecule has 0 radical (unpaired) electrons. The zero-order valence-electron chi connectivity index (χ0n) is 13.0. The Bertz CT molecular complexity index is 785. The lowest BCUT2D eigenvalue weighted by molar-refractivity contribution is -0.119. The Morgan fingerprint density at radius 3 is 2.96 bits per heavy atom. The Kier molecular flexibility index (Phi) is 4.21. The molecule has 0 fully saturated rings. The molecule has 6 nitrogen and oxygen atoms in total. The van der Waals surface area contributed by atoms with Crippen LogP contribution in [0.4, 0.5) is 5.69 Å². The van der Waals surface area contributed by atoms with E-state index < -0.39 is 0 Å². The molecule has 1 aliphatic rings. The van der Waals surface area contributed by atoms with Gasteiger partial charge in [-0.3, -0.25) is 9.59 Å². The summed E-state index contributed by atoms with van der Waals surface area (Å²) >= 11 is 3.46. The van der Waals surface area contributed by atoms with E-state index in [4.69, 9.17) is 0 Å². The Hall–Kier alpha value is -2.15. The van der Waals surface area contributed by atoms with Gasteiger partial charge in [-0.2, -0.15) is 0 Å². The third kappa shape index (κ3) is 2.88. The smallest absolute Gasteiger partial charge is 0.291 e. The van der Waals surface area contributed by atoms with E-state index in [0.717, 1.165) is 33.5 Å². The van der Waals surface area contributed by atoms with Crippen LogP contribution in [0.2, 0.25) is 0 Å². The molecule has 0 atom stereocenters. The van der Waals surface area contributed by atoms with Crippen LogP contribution in [-0.4, -0.2) is 33.3 Å². The SMILES string of the molecule is Cc1c(Br)cccc1NC(=O)c1nc2c(n1C)CCN(C=O)C2. The van der Waals surface area contributed by atoms with E-state index in [-0.39, 0.29) is 5.91 Å². The Balaban J connectivity index is 1.87. The van der Waals surface area contributed by atoms with Crippen molar-refractivity contribution in [3.05, 3.63) is 45.4 Å². The van der Waals surface area contributed by atoms with Gasteiger partial charge in [-0.25, -0.2) is 4.98 Å². The summed E-state index contributed by atoms with van der Waals surface area (Å²) in [6.45, 7) is 3.04. The number of aromatic nitrogens is 2. The number of amides is 2. The number of hydrogen-bond acceptors (Lipinski definition) is 3. The Morgan fingerprint density at radius 2 is 2.22 bits per heavy atom. The summed E-state index contributed by atoms with van der Waals surface area (Å²) in [5.41, 5.74) is 3.52. The largest absolute Gasteiger partial charge is 0.339 e. The fraction of sp³-hybridized carbons (Fsp3) is 0.312. The molecule has 23 heavy (non-hydrogen) atoms. The molecule has 0 saturated carbocycles. The van der Waals surface area contributed by atoms with Gasteiger partial charge in [0.15, 0.2) is 5.82 Å². The van der Waals surface area contributed by atoms with Gasteiger partial charge in [-0.15, -0.1) is 0 Å². The number of nitrogens with zero attached hydrogens (tertiary/aromatic N) is 3. The van der Waals surface area contributed by atoms with Gasteiger partial charge in [-0.05, 0) is 24.6 Å². The van der Waals surface area contributed by atoms with Crippen LogP contribution in [-0.2, 0) is 24.8 Å². The molecule has 0 bridgehead atoms. The monoisotopic (exact) mass is 376 g/mol. The quantitative estimate of drug-likeness (QED) is 0.835. The third-order valence-electron chi connectivity index (χ3n) is 4.15. The van der Waals surface area contributed by atoms with Gasteiger partial charge >= 0.3 is 0 Å². The lowest BCUT2D eigenvalue weighted by Crippen LogP contribution is -2.29. The van der Waals surface area contributed by atoms with E-state index in [0.29, 0.717) is 25.3 Å². The van der Waals surface area contributed by atoms with Crippen molar-refractivity contribution in [3.63, 3.8) is 0 Å². The van der Waals surface area contributed by atoms with Gasteiger partial charge in [0.05, 0.1) is 12.2 Å². The first kappa shape index (κ1) is 15.7. The maximum absolute atomic E-state index is 12.6. The van der Waals surface area contributed by atoms with E-state index in [1.54, 1.807) is 4.90 Å². The summed E-state index contributed by atoms with van der Waals surface area (Å²) in [4.78, 5) is 29.6. The molecular formula is C16H17BrN4O2. The minimum atomic E-state index is -0.249. The Labute approximate surface area is 142 Å². The minimum absolute atomic E-state index is 0.249. The predicted molar refractivity (Wildman–Crippen MR) is 90.2 cm³/mol. The van der Waals surface area contributed by atoms with Crippen molar-refractivity contribution in [2.75, 3.05) is 11.9 Å². The second-order valence-electron chi connectivity index (χ2n) is 5.58. The molecule has 1 aromatic heterocycles. The number of rotatable bonds is 3. The van der Waals surface area contributed by atoms with E-state index >= 15 is 0 Å². The van der Waals surface area contributed by atoms with Crippen LogP contribution in [0.5, 0.6) is 0 Å². The minimum Gasteiger partial charge on any atom is -0.339 e. The van der Waals surface area contributed by atoms with Gasteiger partial charge in [-0.1, -0.05) is 22.0 Å². The van der Waals surface area contributed by atoms with Crippen molar-refractivity contribution < 1.29 is 9.59 Å². The highest BCUT2D eigenvalue weighted by Crippen LogP contribution is 2.24. The predicted octanol–water partition coefficient (Wildman–Crippen LogP) is 2.26. The third-order valence-corrected chi connectivity index (χ3v) is 5.01. The van der Waals surface area contributed by atoms with Crippen LogP contribution in [0.25, 0.3) is 0 Å². The lowest BCUT2D eigenvalue weighted by Gasteiger charge is -2.22. The molecule has 0 unspecified atom stereocenters. The number of carbonyl (C=O) groups is 2. The van der Waals surface area contributed by atoms with E-state index in [2.05, 4.69) is 26.2 Å². The molecule has 2 heterocycles. The van der Waals surface area contributed by atoms with Crippen LogP contribution in [0.1, 0.15) is 27.6 Å². The molecular weight excluding hydrogens is 360 g/mol. The fourth-order valence-corrected chi connectivity index (χ4v) is 3.13. The first-order valence-electron chi connectivity index (χ1n) is 7.31. The second-order valence-corrected chi connectivity index (χ2v) is 6.43. The first-order valence-corrected chi connectivity index (χ1v) is 8.11. The number of benzene rings is 1. The lowest BCUT2D eigenvalue weighted by atomic mass is 10.1. The van der Waals surface area contributed by atoms with Gasteiger partial charge in [0.25, 0.3) is 5.91 Å². The zero-order valence-corrected chi connectivity index (χ0v) is 14.6. The number of imidazole rings is 1. The van der Waals surface area contributed by atoms with Crippen LogP contribution in [0.3, 0.4) is 0 Å². The van der Waals surface area contributed by atoms with Crippen molar-refractivity contribution >= 4 is 33.9 Å². The summed E-state index contributed by atoms with van der Waals surface area (Å²) in [5, 5.41) is 2.91. The number of fused-ring (bicyclic) bond motifs is 1. The summed E-state index contributed by atoms with van der Waals surface area (Å²) in [6, 6.07) is 5.66.